The summed E-state index contributed by atoms with van der Waals surface area (Å²) in [6.45, 7) is 1.25. The van der Waals surface area contributed by atoms with Gasteiger partial charge in [-0.05, 0) is 44.2 Å². The van der Waals surface area contributed by atoms with Crippen LogP contribution in [0.25, 0.3) is 0 Å². The fourth-order valence-corrected chi connectivity index (χ4v) is 2.86. The molecule has 1 aromatic rings. The molecule has 1 unspecified atom stereocenters. The maximum atomic E-state index is 12.5. The fraction of sp³-hybridized carbons (Fsp3) is 0.643. The van der Waals surface area contributed by atoms with Crippen LogP contribution in [0.5, 0.6) is 0 Å². The molecule has 18 heavy (non-hydrogen) atoms. The molecule has 0 spiro atoms. The number of hydrogen-bond acceptors (Lipinski definition) is 2. The van der Waals surface area contributed by atoms with Gasteiger partial charge >= 0.3 is 0 Å². The molecule has 1 N–H and O–H groups in total. The highest BCUT2D eigenvalue weighted by molar-refractivity contribution is 5.93. The molecule has 4 heteroatoms. The summed E-state index contributed by atoms with van der Waals surface area (Å²) < 4.78 is 2.12. The van der Waals surface area contributed by atoms with Gasteiger partial charge in [0.1, 0.15) is 5.69 Å². The summed E-state index contributed by atoms with van der Waals surface area (Å²) in [5.41, 5.74) is 0.786. The average Bonchev–Trinajstić information content (AvgIpc) is 2.74. The predicted molar refractivity (Wildman–Crippen MR) is 68.5 cm³/mol. The first kappa shape index (κ1) is 11.8. The minimum absolute atomic E-state index is 0.0747. The first-order valence-electron chi connectivity index (χ1n) is 6.90. The normalized spacial score (nSPS) is 24.9. The lowest BCUT2D eigenvalue weighted by molar-refractivity contribution is 0.0461. The van der Waals surface area contributed by atoms with Crippen molar-refractivity contribution >= 4 is 5.91 Å². The van der Waals surface area contributed by atoms with Gasteiger partial charge in [-0.3, -0.25) is 4.79 Å². The lowest BCUT2D eigenvalue weighted by Gasteiger charge is -2.33. The molecule has 1 saturated heterocycles. The standard InChI is InChI=1S/C14H20N2O2/c17-12-6-2-8-15(10-12)14(18)13-7-3-9-16(13)11-4-1-5-11/h3,7,9,11-12,17H,1-2,4-6,8,10H2. The highest BCUT2D eigenvalue weighted by atomic mass is 16.3. The van der Waals surface area contributed by atoms with E-state index in [2.05, 4.69) is 4.57 Å². The first-order valence-corrected chi connectivity index (χ1v) is 6.90. The number of β-amino-alcohol motifs (C(OH)–C–C–N with tert-alkyl or cyclic N) is 1. The summed E-state index contributed by atoms with van der Waals surface area (Å²) >= 11 is 0. The zero-order chi connectivity index (χ0) is 12.5. The van der Waals surface area contributed by atoms with Gasteiger partial charge < -0.3 is 14.6 Å². The topological polar surface area (TPSA) is 45.5 Å². The molecular weight excluding hydrogens is 228 g/mol. The van der Waals surface area contributed by atoms with Crippen molar-refractivity contribution in [2.75, 3.05) is 13.1 Å². The SMILES string of the molecule is O=C(c1cccn1C1CCC1)N1CCCC(O)C1. The van der Waals surface area contributed by atoms with E-state index < -0.39 is 0 Å². The van der Waals surface area contributed by atoms with E-state index in [0.29, 0.717) is 12.6 Å². The van der Waals surface area contributed by atoms with Crippen LogP contribution >= 0.6 is 0 Å². The van der Waals surface area contributed by atoms with Crippen molar-refractivity contribution in [3.05, 3.63) is 24.0 Å². The second-order valence-corrected chi connectivity index (χ2v) is 5.43. The van der Waals surface area contributed by atoms with E-state index in [0.717, 1.165) is 25.1 Å². The maximum Gasteiger partial charge on any atom is 0.270 e. The smallest absolute Gasteiger partial charge is 0.270 e. The van der Waals surface area contributed by atoms with Crippen molar-refractivity contribution in [3.8, 4) is 0 Å². The largest absolute Gasteiger partial charge is 0.391 e. The molecule has 1 aliphatic heterocycles. The third-order valence-electron chi connectivity index (χ3n) is 4.15. The van der Waals surface area contributed by atoms with Gasteiger partial charge in [0.25, 0.3) is 5.91 Å². The Bertz CT molecular complexity index is 437. The molecule has 0 bridgehead atoms. The minimum Gasteiger partial charge on any atom is -0.391 e. The molecule has 1 amide bonds. The lowest BCUT2D eigenvalue weighted by Crippen LogP contribution is -2.43. The van der Waals surface area contributed by atoms with Gasteiger partial charge in [-0.15, -0.1) is 0 Å². The van der Waals surface area contributed by atoms with E-state index in [1.165, 1.54) is 19.3 Å². The van der Waals surface area contributed by atoms with Crippen LogP contribution in [0.2, 0.25) is 0 Å². The summed E-state index contributed by atoms with van der Waals surface area (Å²) in [5.74, 6) is 0.0747. The Balaban J connectivity index is 1.77. The molecule has 2 heterocycles. The Kier molecular flexibility index (Phi) is 3.12. The number of aliphatic hydroxyl groups is 1. The molecule has 1 aromatic heterocycles. The molecule has 1 aliphatic carbocycles. The number of likely N-dealkylation sites (tertiary alicyclic amines) is 1. The van der Waals surface area contributed by atoms with Gasteiger partial charge in [-0.1, -0.05) is 0 Å². The van der Waals surface area contributed by atoms with Crippen LogP contribution in [0, 0.1) is 0 Å². The third kappa shape index (κ3) is 2.05. The summed E-state index contributed by atoms with van der Waals surface area (Å²) in [5, 5.41) is 9.66. The molecule has 0 radical (unpaired) electrons. The van der Waals surface area contributed by atoms with Crippen LogP contribution in [-0.2, 0) is 0 Å². The van der Waals surface area contributed by atoms with Crippen LogP contribution in [0.3, 0.4) is 0 Å². The number of rotatable bonds is 2. The third-order valence-corrected chi connectivity index (χ3v) is 4.15. The van der Waals surface area contributed by atoms with Gasteiger partial charge in [0.05, 0.1) is 6.10 Å². The van der Waals surface area contributed by atoms with Crippen molar-refractivity contribution in [2.24, 2.45) is 0 Å². The molecule has 1 saturated carbocycles. The zero-order valence-electron chi connectivity index (χ0n) is 10.6. The number of nitrogens with zero attached hydrogens (tertiary/aromatic N) is 2. The first-order chi connectivity index (χ1) is 8.75. The zero-order valence-corrected chi connectivity index (χ0v) is 10.6. The summed E-state index contributed by atoms with van der Waals surface area (Å²) in [7, 11) is 0. The summed E-state index contributed by atoms with van der Waals surface area (Å²) in [6.07, 6.45) is 6.99. The number of carbonyl (C=O) groups is 1. The highest BCUT2D eigenvalue weighted by Gasteiger charge is 2.28. The van der Waals surface area contributed by atoms with Gasteiger partial charge in [-0.25, -0.2) is 0 Å². The van der Waals surface area contributed by atoms with Gasteiger partial charge in [0.15, 0.2) is 0 Å². The number of aromatic nitrogens is 1. The Morgan fingerprint density at radius 1 is 1.28 bits per heavy atom. The summed E-state index contributed by atoms with van der Waals surface area (Å²) in [4.78, 5) is 14.3. The molecule has 3 rings (SSSR count). The number of aliphatic hydroxyl groups excluding tert-OH is 1. The molecule has 0 aromatic carbocycles. The Hall–Kier alpha value is -1.29. The van der Waals surface area contributed by atoms with Gasteiger partial charge in [0.2, 0.25) is 0 Å². The molecule has 1 atom stereocenters. The Morgan fingerprint density at radius 3 is 2.78 bits per heavy atom. The van der Waals surface area contributed by atoms with Crippen molar-refractivity contribution in [1.82, 2.24) is 9.47 Å². The number of carbonyl (C=O) groups excluding carboxylic acids is 1. The van der Waals surface area contributed by atoms with Crippen molar-refractivity contribution in [2.45, 2.75) is 44.2 Å². The van der Waals surface area contributed by atoms with Crippen molar-refractivity contribution in [1.29, 1.82) is 0 Å². The van der Waals surface area contributed by atoms with E-state index >= 15 is 0 Å². The van der Waals surface area contributed by atoms with E-state index in [-0.39, 0.29) is 12.0 Å². The maximum absolute atomic E-state index is 12.5. The molecule has 2 aliphatic rings. The quantitative estimate of drug-likeness (QED) is 0.867. The second-order valence-electron chi connectivity index (χ2n) is 5.43. The van der Waals surface area contributed by atoms with E-state index in [4.69, 9.17) is 0 Å². The second kappa shape index (κ2) is 4.76. The number of amides is 1. The molecule has 4 nitrogen and oxygen atoms in total. The molecule has 2 fully saturated rings. The fourth-order valence-electron chi connectivity index (χ4n) is 2.86. The monoisotopic (exact) mass is 248 g/mol. The minimum atomic E-state index is -0.352. The Labute approximate surface area is 107 Å². The van der Waals surface area contributed by atoms with Crippen LogP contribution in [0.15, 0.2) is 18.3 Å². The van der Waals surface area contributed by atoms with Crippen LogP contribution in [0.4, 0.5) is 0 Å². The molecular formula is C14H20N2O2. The van der Waals surface area contributed by atoms with Crippen LogP contribution in [0.1, 0.15) is 48.6 Å². The van der Waals surface area contributed by atoms with E-state index in [9.17, 15) is 9.90 Å². The van der Waals surface area contributed by atoms with Crippen molar-refractivity contribution < 1.29 is 9.90 Å². The highest BCUT2D eigenvalue weighted by Crippen LogP contribution is 2.33. The Morgan fingerprint density at radius 2 is 2.11 bits per heavy atom. The van der Waals surface area contributed by atoms with Crippen LogP contribution in [-0.4, -0.2) is 39.7 Å². The average molecular weight is 248 g/mol. The van der Waals surface area contributed by atoms with Crippen LogP contribution < -0.4 is 0 Å². The lowest BCUT2D eigenvalue weighted by atomic mass is 9.92. The van der Waals surface area contributed by atoms with Gasteiger partial charge in [0, 0.05) is 25.3 Å². The summed E-state index contributed by atoms with van der Waals surface area (Å²) in [6, 6.07) is 4.36. The molecule has 98 valence electrons. The van der Waals surface area contributed by atoms with E-state index in [1.54, 1.807) is 4.90 Å². The number of hydrogen-bond donors (Lipinski definition) is 1. The number of piperidine rings is 1. The van der Waals surface area contributed by atoms with Gasteiger partial charge in [-0.2, -0.15) is 0 Å². The van der Waals surface area contributed by atoms with Crippen molar-refractivity contribution in [3.63, 3.8) is 0 Å². The van der Waals surface area contributed by atoms with E-state index in [1.807, 2.05) is 18.3 Å². The predicted octanol–water partition coefficient (Wildman–Crippen LogP) is 1.81.